The average Bonchev–Trinajstić information content (AvgIpc) is 2.17. The first-order valence-electron chi connectivity index (χ1n) is 3.35. The van der Waals surface area contributed by atoms with Gasteiger partial charge in [-0.1, -0.05) is 0 Å². The zero-order chi connectivity index (χ0) is 7.72. The van der Waals surface area contributed by atoms with Gasteiger partial charge in [0.25, 0.3) is 0 Å². The third kappa shape index (κ3) is 1.14. The van der Waals surface area contributed by atoms with Gasteiger partial charge in [-0.2, -0.15) is 0 Å². The van der Waals surface area contributed by atoms with Crippen LogP contribution in [0.1, 0.15) is 6.42 Å². The van der Waals surface area contributed by atoms with Crippen molar-refractivity contribution in [1.82, 2.24) is 0 Å². The molecule has 0 saturated heterocycles. The van der Waals surface area contributed by atoms with E-state index in [2.05, 4.69) is 0 Å². The molecule has 3 nitrogen and oxygen atoms in total. The van der Waals surface area contributed by atoms with Crippen LogP contribution < -0.4 is 5.73 Å². The SMILES string of the molecule is N[C@@H]1CC(CO)[C@@H](O)[C@@H]1F. The normalized spacial score (nSPS) is 48.0. The van der Waals surface area contributed by atoms with E-state index in [0.717, 1.165) is 0 Å². The summed E-state index contributed by atoms with van der Waals surface area (Å²) in [6.45, 7) is -0.185. The zero-order valence-corrected chi connectivity index (χ0v) is 5.57. The van der Waals surface area contributed by atoms with Crippen molar-refractivity contribution in [3.05, 3.63) is 0 Å². The van der Waals surface area contributed by atoms with Crippen molar-refractivity contribution in [3.8, 4) is 0 Å². The lowest BCUT2D eigenvalue weighted by Crippen LogP contribution is -2.32. The fourth-order valence-electron chi connectivity index (χ4n) is 1.31. The van der Waals surface area contributed by atoms with Crippen molar-refractivity contribution in [3.63, 3.8) is 0 Å². The Morgan fingerprint density at radius 2 is 2.20 bits per heavy atom. The Morgan fingerprint density at radius 1 is 1.60 bits per heavy atom. The number of halogens is 1. The minimum absolute atomic E-state index is 0.185. The summed E-state index contributed by atoms with van der Waals surface area (Å²) in [5.74, 6) is -0.370. The first kappa shape index (κ1) is 7.91. The molecule has 1 saturated carbocycles. The van der Waals surface area contributed by atoms with E-state index < -0.39 is 18.3 Å². The highest BCUT2D eigenvalue weighted by atomic mass is 19.1. The van der Waals surface area contributed by atoms with Crippen LogP contribution in [0.5, 0.6) is 0 Å². The Hall–Kier alpha value is -0.190. The maximum Gasteiger partial charge on any atom is 0.141 e. The molecule has 0 bridgehead atoms. The fourth-order valence-corrected chi connectivity index (χ4v) is 1.31. The Morgan fingerprint density at radius 3 is 2.40 bits per heavy atom. The number of aliphatic hydroxyl groups is 2. The van der Waals surface area contributed by atoms with Crippen LogP contribution in [0.15, 0.2) is 0 Å². The molecule has 1 unspecified atom stereocenters. The van der Waals surface area contributed by atoms with E-state index in [4.69, 9.17) is 15.9 Å². The first-order chi connectivity index (χ1) is 4.66. The largest absolute Gasteiger partial charge is 0.396 e. The molecule has 4 heteroatoms. The van der Waals surface area contributed by atoms with Crippen molar-refractivity contribution in [2.45, 2.75) is 24.7 Å². The number of hydrogen-bond acceptors (Lipinski definition) is 3. The van der Waals surface area contributed by atoms with Crippen molar-refractivity contribution in [1.29, 1.82) is 0 Å². The predicted molar refractivity (Wildman–Crippen MR) is 34.1 cm³/mol. The van der Waals surface area contributed by atoms with Gasteiger partial charge < -0.3 is 15.9 Å². The topological polar surface area (TPSA) is 66.5 Å². The summed E-state index contributed by atoms with van der Waals surface area (Å²) in [4.78, 5) is 0. The van der Waals surface area contributed by atoms with E-state index in [1.54, 1.807) is 0 Å². The van der Waals surface area contributed by atoms with Crippen LogP contribution in [0.2, 0.25) is 0 Å². The van der Waals surface area contributed by atoms with Crippen molar-refractivity contribution >= 4 is 0 Å². The number of alkyl halides is 1. The second kappa shape index (κ2) is 2.82. The highest BCUT2D eigenvalue weighted by Crippen LogP contribution is 2.26. The molecule has 1 rings (SSSR count). The van der Waals surface area contributed by atoms with Gasteiger partial charge in [0.15, 0.2) is 0 Å². The molecule has 0 aromatic heterocycles. The Balaban J connectivity index is 2.53. The van der Waals surface area contributed by atoms with Gasteiger partial charge in [-0.3, -0.25) is 0 Å². The monoisotopic (exact) mass is 149 g/mol. The van der Waals surface area contributed by atoms with Crippen LogP contribution in [-0.4, -0.2) is 35.1 Å². The zero-order valence-electron chi connectivity index (χ0n) is 5.57. The molecule has 0 aliphatic heterocycles. The van der Waals surface area contributed by atoms with Gasteiger partial charge in [-0.05, 0) is 6.42 Å². The quantitative estimate of drug-likeness (QED) is 0.449. The standard InChI is InChI=1S/C6H12FNO2/c7-5-4(8)1-3(2-9)6(5)10/h3-6,9-10H,1-2,8H2/t3?,4-,5-,6-/m1/s1. The minimum Gasteiger partial charge on any atom is -0.396 e. The second-order valence-corrected chi connectivity index (χ2v) is 2.78. The molecule has 0 amide bonds. The molecule has 0 aromatic rings. The van der Waals surface area contributed by atoms with Gasteiger partial charge in [0, 0.05) is 18.6 Å². The van der Waals surface area contributed by atoms with Crippen molar-refractivity contribution in [2.75, 3.05) is 6.61 Å². The van der Waals surface area contributed by atoms with Gasteiger partial charge in [0.2, 0.25) is 0 Å². The molecule has 1 aliphatic carbocycles. The minimum atomic E-state index is -1.36. The smallest absolute Gasteiger partial charge is 0.141 e. The van der Waals surface area contributed by atoms with Crippen LogP contribution in [0.4, 0.5) is 4.39 Å². The highest BCUT2D eigenvalue weighted by Gasteiger charge is 2.40. The van der Waals surface area contributed by atoms with E-state index in [0.29, 0.717) is 6.42 Å². The third-order valence-electron chi connectivity index (χ3n) is 2.03. The summed E-state index contributed by atoms with van der Waals surface area (Å²) in [7, 11) is 0. The molecule has 0 spiro atoms. The van der Waals surface area contributed by atoms with Crippen LogP contribution in [0.3, 0.4) is 0 Å². The van der Waals surface area contributed by atoms with Crippen LogP contribution in [0.25, 0.3) is 0 Å². The first-order valence-corrected chi connectivity index (χ1v) is 3.35. The summed E-state index contributed by atoms with van der Waals surface area (Å²) in [5.41, 5.74) is 5.29. The molecule has 0 radical (unpaired) electrons. The molecule has 4 atom stereocenters. The number of rotatable bonds is 1. The summed E-state index contributed by atoms with van der Waals surface area (Å²) in [5, 5.41) is 17.6. The Labute approximate surface area is 58.7 Å². The Kier molecular flexibility index (Phi) is 2.23. The van der Waals surface area contributed by atoms with E-state index in [1.807, 2.05) is 0 Å². The van der Waals surface area contributed by atoms with E-state index in [9.17, 15) is 4.39 Å². The number of nitrogens with two attached hydrogens (primary N) is 1. The predicted octanol–water partition coefficient (Wildman–Crippen LogP) is -0.975. The molecule has 10 heavy (non-hydrogen) atoms. The van der Waals surface area contributed by atoms with Gasteiger partial charge in [0.1, 0.15) is 6.17 Å². The molecular weight excluding hydrogens is 137 g/mol. The van der Waals surface area contributed by atoms with Crippen LogP contribution in [0, 0.1) is 5.92 Å². The van der Waals surface area contributed by atoms with Gasteiger partial charge in [-0.25, -0.2) is 4.39 Å². The molecule has 60 valence electrons. The molecule has 4 N–H and O–H groups in total. The van der Waals surface area contributed by atoms with Crippen molar-refractivity contribution in [2.24, 2.45) is 11.7 Å². The maximum absolute atomic E-state index is 12.7. The summed E-state index contributed by atoms with van der Waals surface area (Å²) < 4.78 is 12.7. The number of hydrogen-bond donors (Lipinski definition) is 3. The van der Waals surface area contributed by atoms with Crippen molar-refractivity contribution < 1.29 is 14.6 Å². The summed E-state index contributed by atoms with van der Waals surface area (Å²) in [6, 6.07) is -0.604. The maximum atomic E-state index is 12.7. The average molecular weight is 149 g/mol. The lowest BCUT2D eigenvalue weighted by Gasteiger charge is -2.11. The lowest BCUT2D eigenvalue weighted by molar-refractivity contribution is 0.0436. The summed E-state index contributed by atoms with van der Waals surface area (Å²) in [6.07, 6.45) is -2.06. The second-order valence-electron chi connectivity index (χ2n) is 2.78. The molecule has 1 aliphatic rings. The van der Waals surface area contributed by atoms with Gasteiger partial charge in [-0.15, -0.1) is 0 Å². The fraction of sp³-hybridized carbons (Fsp3) is 1.00. The van der Waals surface area contributed by atoms with E-state index in [1.165, 1.54) is 0 Å². The Bertz CT molecular complexity index is 122. The molecule has 0 aromatic carbocycles. The van der Waals surface area contributed by atoms with Gasteiger partial charge in [0.05, 0.1) is 6.10 Å². The summed E-state index contributed by atoms with van der Waals surface area (Å²) >= 11 is 0. The molecule has 1 fully saturated rings. The highest BCUT2D eigenvalue weighted by molar-refractivity contribution is 4.93. The number of aliphatic hydroxyl groups excluding tert-OH is 2. The van der Waals surface area contributed by atoms with Gasteiger partial charge >= 0.3 is 0 Å². The van der Waals surface area contributed by atoms with Crippen LogP contribution in [-0.2, 0) is 0 Å². The third-order valence-corrected chi connectivity index (χ3v) is 2.03. The van der Waals surface area contributed by atoms with Crippen LogP contribution >= 0.6 is 0 Å². The van der Waals surface area contributed by atoms with E-state index >= 15 is 0 Å². The molecule has 0 heterocycles. The lowest BCUT2D eigenvalue weighted by atomic mass is 10.1. The molecular formula is C6H12FNO2. The van der Waals surface area contributed by atoms with E-state index in [-0.39, 0.29) is 12.5 Å².